The van der Waals surface area contributed by atoms with Crippen LogP contribution in [0.15, 0.2) is 64.4 Å². The first-order chi connectivity index (χ1) is 14.8. The molecule has 0 spiro atoms. The molecule has 0 bridgehead atoms. The lowest BCUT2D eigenvalue weighted by atomic mass is 10.1. The second-order valence-corrected chi connectivity index (χ2v) is 7.77. The summed E-state index contributed by atoms with van der Waals surface area (Å²) in [5.41, 5.74) is -0.132. The Morgan fingerprint density at radius 3 is 2.32 bits per heavy atom. The fraction of sp³-hybridized carbons (Fsp3) is 0.182. The Labute approximate surface area is 181 Å². The van der Waals surface area contributed by atoms with Crippen LogP contribution in [-0.2, 0) is 6.54 Å². The third kappa shape index (κ3) is 3.70. The molecular formula is C22H18ClFN4O3. The van der Waals surface area contributed by atoms with E-state index >= 15 is 0 Å². The Morgan fingerprint density at radius 1 is 1.06 bits per heavy atom. The predicted octanol–water partition coefficient (Wildman–Crippen LogP) is 3.61. The van der Waals surface area contributed by atoms with Gasteiger partial charge in [0.05, 0.1) is 18.6 Å². The van der Waals surface area contributed by atoms with Crippen LogP contribution in [0, 0.1) is 5.82 Å². The molecule has 0 saturated heterocycles. The van der Waals surface area contributed by atoms with Crippen molar-refractivity contribution in [2.75, 3.05) is 0 Å². The highest BCUT2D eigenvalue weighted by Crippen LogP contribution is 2.16. The average molecular weight is 441 g/mol. The van der Waals surface area contributed by atoms with Crippen LogP contribution in [0.1, 0.15) is 30.2 Å². The molecule has 0 unspecified atom stereocenters. The number of nitrogens with zero attached hydrogens (tertiary/aromatic N) is 4. The molecular weight excluding hydrogens is 423 g/mol. The summed E-state index contributed by atoms with van der Waals surface area (Å²) >= 11 is 5.88. The third-order valence-electron chi connectivity index (χ3n) is 4.93. The summed E-state index contributed by atoms with van der Waals surface area (Å²) in [6.07, 6.45) is 1.35. The summed E-state index contributed by atoms with van der Waals surface area (Å²) in [6.45, 7) is 3.28. The summed E-state index contributed by atoms with van der Waals surface area (Å²) in [5, 5.41) is 0.507. The summed E-state index contributed by atoms with van der Waals surface area (Å²) in [6, 6.07) is 11.3. The van der Waals surface area contributed by atoms with Crippen LogP contribution >= 0.6 is 11.6 Å². The summed E-state index contributed by atoms with van der Waals surface area (Å²) in [4.78, 5) is 43.3. The minimum Gasteiger partial charge on any atom is -0.317 e. The molecule has 4 aromatic rings. The zero-order valence-corrected chi connectivity index (χ0v) is 17.5. The standard InChI is InChI=1S/C22H18ClFN4O3/c1-13(2)27-21(30)19-20(28(22(27)31)17-9-7-16(24)8-10-17)25-12-26(19)11-18(29)14-3-5-15(23)6-4-14/h3-10,12-13H,11H2,1-2H3. The Kier molecular flexibility index (Phi) is 5.32. The van der Waals surface area contributed by atoms with Gasteiger partial charge >= 0.3 is 5.69 Å². The number of halogens is 2. The van der Waals surface area contributed by atoms with E-state index in [2.05, 4.69) is 4.98 Å². The second-order valence-electron chi connectivity index (χ2n) is 7.34. The minimum atomic E-state index is -0.589. The lowest BCUT2D eigenvalue weighted by Crippen LogP contribution is -2.41. The number of hydrogen-bond donors (Lipinski definition) is 0. The van der Waals surface area contributed by atoms with Gasteiger partial charge in [0.25, 0.3) is 5.56 Å². The van der Waals surface area contributed by atoms with Gasteiger partial charge in [-0.15, -0.1) is 0 Å². The van der Waals surface area contributed by atoms with Gasteiger partial charge in [-0.05, 0) is 62.4 Å². The van der Waals surface area contributed by atoms with E-state index in [4.69, 9.17) is 11.6 Å². The Morgan fingerprint density at radius 2 is 1.71 bits per heavy atom. The molecule has 0 saturated carbocycles. The van der Waals surface area contributed by atoms with Crippen LogP contribution in [0.4, 0.5) is 4.39 Å². The smallest absolute Gasteiger partial charge is 0.317 e. The highest BCUT2D eigenvalue weighted by atomic mass is 35.5. The molecule has 0 radical (unpaired) electrons. The average Bonchev–Trinajstić information content (AvgIpc) is 3.13. The largest absolute Gasteiger partial charge is 0.337 e. The van der Waals surface area contributed by atoms with E-state index in [1.165, 1.54) is 39.7 Å². The molecule has 2 aromatic heterocycles. The molecule has 0 atom stereocenters. The van der Waals surface area contributed by atoms with Gasteiger partial charge in [-0.1, -0.05) is 11.6 Å². The quantitative estimate of drug-likeness (QED) is 0.444. The number of carbonyl (C=O) groups excluding carboxylic acids is 1. The van der Waals surface area contributed by atoms with E-state index in [1.54, 1.807) is 38.1 Å². The van der Waals surface area contributed by atoms with Crippen LogP contribution in [-0.4, -0.2) is 24.5 Å². The van der Waals surface area contributed by atoms with Gasteiger partial charge in [0, 0.05) is 16.6 Å². The Hall–Kier alpha value is -3.52. The van der Waals surface area contributed by atoms with E-state index in [9.17, 15) is 18.8 Å². The number of ketones is 1. The zero-order chi connectivity index (χ0) is 22.3. The van der Waals surface area contributed by atoms with Crippen molar-refractivity contribution in [1.82, 2.24) is 18.7 Å². The fourth-order valence-corrected chi connectivity index (χ4v) is 3.56. The van der Waals surface area contributed by atoms with E-state index in [-0.39, 0.29) is 23.5 Å². The summed E-state index contributed by atoms with van der Waals surface area (Å²) in [7, 11) is 0. The van der Waals surface area contributed by atoms with Crippen LogP contribution in [0.25, 0.3) is 16.9 Å². The van der Waals surface area contributed by atoms with Crippen molar-refractivity contribution in [3.8, 4) is 5.69 Å². The van der Waals surface area contributed by atoms with E-state index in [1.807, 2.05) is 0 Å². The van der Waals surface area contributed by atoms with Crippen LogP contribution in [0.2, 0.25) is 5.02 Å². The van der Waals surface area contributed by atoms with Crippen LogP contribution in [0.5, 0.6) is 0 Å². The van der Waals surface area contributed by atoms with Gasteiger partial charge in [-0.2, -0.15) is 0 Å². The molecule has 0 aliphatic rings. The lowest BCUT2D eigenvalue weighted by Gasteiger charge is -2.14. The van der Waals surface area contributed by atoms with E-state index in [0.717, 1.165) is 4.57 Å². The Bertz CT molecular complexity index is 1400. The van der Waals surface area contributed by atoms with Crippen molar-refractivity contribution < 1.29 is 9.18 Å². The molecule has 0 fully saturated rings. The predicted molar refractivity (Wildman–Crippen MR) is 116 cm³/mol. The molecule has 0 N–H and O–H groups in total. The van der Waals surface area contributed by atoms with Gasteiger partial charge in [0.2, 0.25) is 0 Å². The Balaban J connectivity index is 1.92. The van der Waals surface area contributed by atoms with E-state index in [0.29, 0.717) is 16.3 Å². The minimum absolute atomic E-state index is 0.0995. The fourth-order valence-electron chi connectivity index (χ4n) is 3.43. The first-order valence-corrected chi connectivity index (χ1v) is 9.93. The van der Waals surface area contributed by atoms with Crippen molar-refractivity contribution in [3.63, 3.8) is 0 Å². The summed E-state index contributed by atoms with van der Waals surface area (Å²) in [5.74, 6) is -0.699. The number of benzene rings is 2. The van der Waals surface area contributed by atoms with Crippen molar-refractivity contribution in [2.24, 2.45) is 0 Å². The van der Waals surface area contributed by atoms with Crippen LogP contribution < -0.4 is 11.2 Å². The highest BCUT2D eigenvalue weighted by molar-refractivity contribution is 6.30. The molecule has 2 heterocycles. The molecule has 2 aromatic carbocycles. The molecule has 0 aliphatic carbocycles. The monoisotopic (exact) mass is 440 g/mol. The molecule has 31 heavy (non-hydrogen) atoms. The SMILES string of the molecule is CC(C)n1c(=O)c2c(ncn2CC(=O)c2ccc(Cl)cc2)n(-c2ccc(F)cc2)c1=O. The maximum atomic E-state index is 13.4. The van der Waals surface area contributed by atoms with Crippen molar-refractivity contribution >= 4 is 28.5 Å². The molecule has 158 valence electrons. The van der Waals surface area contributed by atoms with Gasteiger partial charge < -0.3 is 4.57 Å². The van der Waals surface area contributed by atoms with E-state index < -0.39 is 23.1 Å². The number of imidazole rings is 1. The number of rotatable bonds is 5. The first-order valence-electron chi connectivity index (χ1n) is 9.55. The molecule has 9 heteroatoms. The highest BCUT2D eigenvalue weighted by Gasteiger charge is 2.21. The molecule has 0 amide bonds. The number of Topliss-reactive ketones (excluding diaryl/α,β-unsaturated/α-hetero) is 1. The first kappa shape index (κ1) is 20.7. The van der Waals surface area contributed by atoms with Crippen molar-refractivity contribution in [3.05, 3.63) is 92.1 Å². The normalized spacial score (nSPS) is 11.4. The number of hydrogen-bond acceptors (Lipinski definition) is 4. The topological polar surface area (TPSA) is 78.9 Å². The van der Waals surface area contributed by atoms with Crippen LogP contribution in [0.3, 0.4) is 0 Å². The van der Waals surface area contributed by atoms with Gasteiger partial charge in [-0.25, -0.2) is 18.7 Å². The third-order valence-corrected chi connectivity index (χ3v) is 5.18. The molecule has 4 rings (SSSR count). The van der Waals surface area contributed by atoms with Gasteiger partial charge in [0.1, 0.15) is 5.82 Å². The number of carbonyl (C=O) groups is 1. The summed E-state index contributed by atoms with van der Waals surface area (Å²) < 4.78 is 17.2. The number of aromatic nitrogens is 4. The second kappa shape index (κ2) is 7.96. The molecule has 7 nitrogen and oxygen atoms in total. The van der Waals surface area contributed by atoms with Gasteiger partial charge in [-0.3, -0.25) is 14.2 Å². The maximum absolute atomic E-state index is 13.4. The molecule has 0 aliphatic heterocycles. The maximum Gasteiger partial charge on any atom is 0.337 e. The lowest BCUT2D eigenvalue weighted by molar-refractivity contribution is 0.0973. The van der Waals surface area contributed by atoms with Crippen molar-refractivity contribution in [1.29, 1.82) is 0 Å². The number of fused-ring (bicyclic) bond motifs is 1. The van der Waals surface area contributed by atoms with Crippen molar-refractivity contribution in [2.45, 2.75) is 26.4 Å². The van der Waals surface area contributed by atoms with Gasteiger partial charge in [0.15, 0.2) is 16.9 Å². The zero-order valence-electron chi connectivity index (χ0n) is 16.8.